The third-order valence-electron chi connectivity index (χ3n) is 7.58. The van der Waals surface area contributed by atoms with E-state index >= 15 is 0 Å². The van der Waals surface area contributed by atoms with Gasteiger partial charge in [-0.05, 0) is 0 Å². The topological polar surface area (TPSA) is 0 Å². The number of hydrogen-bond donors (Lipinski definition) is 0. The Hall–Kier alpha value is -0.660. The van der Waals surface area contributed by atoms with E-state index in [2.05, 4.69) is 109 Å². The molecule has 4 rings (SSSR count). The molecule has 0 aliphatic heterocycles. The summed E-state index contributed by atoms with van der Waals surface area (Å²) in [4.78, 5) is 0. The molecule has 0 fully saturated rings. The summed E-state index contributed by atoms with van der Waals surface area (Å²) in [6, 6.07) is 20.6. The second-order valence-electron chi connectivity index (χ2n) is 9.85. The van der Waals surface area contributed by atoms with Gasteiger partial charge in [0.2, 0.25) is 0 Å². The van der Waals surface area contributed by atoms with Gasteiger partial charge < -0.3 is 24.8 Å². The molecule has 2 atom stereocenters. The summed E-state index contributed by atoms with van der Waals surface area (Å²) in [6.07, 6.45) is 0. The van der Waals surface area contributed by atoms with Crippen LogP contribution in [0, 0.1) is 11.8 Å². The molecule has 0 saturated carbocycles. The van der Waals surface area contributed by atoms with Crippen LogP contribution in [0.25, 0.3) is 5.57 Å². The van der Waals surface area contributed by atoms with Crippen LogP contribution in [0.1, 0.15) is 61.9 Å². The van der Waals surface area contributed by atoms with Crippen molar-refractivity contribution in [3.8, 4) is 0 Å². The number of rotatable bonds is 4. The minimum absolute atomic E-state index is 0. The van der Waals surface area contributed by atoms with E-state index < -0.39 is 20.4 Å². The predicted molar refractivity (Wildman–Crippen MR) is 134 cm³/mol. The van der Waals surface area contributed by atoms with Gasteiger partial charge in [-0.15, -0.1) is 0 Å². The molecule has 2 aromatic rings. The number of halogens is 2. The number of allylic oxidation sites excluding steroid dienone is 5. The summed E-state index contributed by atoms with van der Waals surface area (Å²) in [7, 11) is 0. The van der Waals surface area contributed by atoms with Crippen LogP contribution in [0.5, 0.6) is 0 Å². The van der Waals surface area contributed by atoms with Crippen LogP contribution in [0.2, 0.25) is 13.1 Å². The monoisotopic (exact) mass is 572 g/mol. The summed E-state index contributed by atoms with van der Waals surface area (Å²) in [5.41, 5.74) is 12.3. The van der Waals surface area contributed by atoms with Crippen LogP contribution >= 0.6 is 0 Å². The summed E-state index contributed by atoms with van der Waals surface area (Å²) < 4.78 is 2.60. The maximum absolute atomic E-state index is 2.62. The molecular formula is C29H36Cl2SiZr. The molecule has 4 heteroatoms. The van der Waals surface area contributed by atoms with Crippen molar-refractivity contribution in [2.24, 2.45) is 11.8 Å². The molecule has 0 amide bonds. The van der Waals surface area contributed by atoms with Crippen molar-refractivity contribution in [3.05, 3.63) is 96.9 Å². The summed E-state index contributed by atoms with van der Waals surface area (Å²) in [6.45, 7) is 19.8. The quantitative estimate of drug-likeness (QED) is 0.492. The molecule has 0 heterocycles. The second-order valence-corrected chi connectivity index (χ2v) is 27.2. The first-order valence-electron chi connectivity index (χ1n) is 11.7. The third-order valence-corrected chi connectivity index (χ3v) is 26.3. The molecule has 0 radical (unpaired) electrons. The number of fused-ring (bicyclic) bond motifs is 1. The first-order chi connectivity index (χ1) is 14.8. The number of benzene rings is 2. The van der Waals surface area contributed by atoms with E-state index in [1.165, 1.54) is 11.1 Å². The molecule has 0 bridgehead atoms. The van der Waals surface area contributed by atoms with Crippen LogP contribution < -0.4 is 24.8 Å². The van der Waals surface area contributed by atoms with Gasteiger partial charge in [0.05, 0.1) is 0 Å². The molecule has 2 aromatic carbocycles. The van der Waals surface area contributed by atoms with E-state index in [9.17, 15) is 0 Å². The zero-order valence-electron chi connectivity index (χ0n) is 21.2. The molecule has 0 nitrogen and oxygen atoms in total. The van der Waals surface area contributed by atoms with Crippen molar-refractivity contribution in [3.63, 3.8) is 0 Å². The van der Waals surface area contributed by atoms with Crippen molar-refractivity contribution in [2.45, 2.75) is 58.3 Å². The van der Waals surface area contributed by atoms with E-state index in [1.807, 2.05) is 3.28 Å². The average Bonchev–Trinajstić information content (AvgIpc) is 3.19. The Morgan fingerprint density at radius 1 is 0.818 bits per heavy atom. The third kappa shape index (κ3) is 4.88. The first kappa shape index (κ1) is 28.6. The van der Waals surface area contributed by atoms with Crippen molar-refractivity contribution in [1.82, 2.24) is 0 Å². The standard InChI is InChI=1S/C18H17.C9H13.C2H6Si.2ClH.Zr/c1-13(2)17-12-15-10-6-7-11-16(15)18(17)14-8-4-3-5-9-14;1-6-5-7(2)9(4)8(6)3;1-3-2;;;/h3-13H,1-2H3;6H,1-4H3;1-2H3;2*1H;/q;;;;;+2/p-2. The maximum Gasteiger partial charge on any atom is -1.00 e. The smallest absolute Gasteiger partial charge is 1.00 e. The normalized spacial score (nSPS) is 19.3. The maximum atomic E-state index is 2.62. The van der Waals surface area contributed by atoms with Gasteiger partial charge in [-0.1, -0.05) is 0 Å². The second kappa shape index (κ2) is 11.4. The van der Waals surface area contributed by atoms with Crippen LogP contribution in [0.3, 0.4) is 0 Å². The molecule has 0 spiro atoms. The summed E-state index contributed by atoms with van der Waals surface area (Å²) in [5.74, 6) is 1.22. The SMILES string of the molecule is CC1=C(C)C(C)[C]([Zr+2]([CH]2C(C(C)C)=C(c3ccccc3)c3ccccc32)=[Si](C)C)=C1C.[Cl-].[Cl-]. The van der Waals surface area contributed by atoms with E-state index in [4.69, 9.17) is 0 Å². The molecule has 33 heavy (non-hydrogen) atoms. The molecular weight excluding hydrogens is 539 g/mol. The van der Waals surface area contributed by atoms with Crippen LogP contribution in [0.15, 0.2) is 80.2 Å². The van der Waals surface area contributed by atoms with Crippen LogP contribution in [-0.4, -0.2) is 5.43 Å². The van der Waals surface area contributed by atoms with E-state index in [-0.39, 0.29) is 30.2 Å². The van der Waals surface area contributed by atoms with Crippen molar-refractivity contribution in [1.29, 1.82) is 0 Å². The Labute approximate surface area is 221 Å². The van der Waals surface area contributed by atoms with Gasteiger partial charge in [-0.3, -0.25) is 0 Å². The number of hydrogen-bond acceptors (Lipinski definition) is 0. The summed E-state index contributed by atoms with van der Waals surface area (Å²) >= 11 is -2.01. The molecule has 0 aromatic heterocycles. The van der Waals surface area contributed by atoms with Crippen LogP contribution in [0.4, 0.5) is 0 Å². The summed E-state index contributed by atoms with van der Waals surface area (Å²) in [5, 5.41) is 0. The zero-order valence-corrected chi connectivity index (χ0v) is 26.2. The fourth-order valence-electron chi connectivity index (χ4n) is 5.82. The van der Waals surface area contributed by atoms with Crippen LogP contribution in [-0.2, 0) is 20.4 Å². The van der Waals surface area contributed by atoms with Gasteiger partial charge in [0, 0.05) is 0 Å². The largest absolute Gasteiger partial charge is 1.00 e. The van der Waals surface area contributed by atoms with Crippen molar-refractivity contribution < 1.29 is 45.2 Å². The van der Waals surface area contributed by atoms with E-state index in [0.29, 0.717) is 15.5 Å². The fourth-order valence-corrected chi connectivity index (χ4v) is 26.6. The molecule has 2 aliphatic carbocycles. The Kier molecular flexibility index (Phi) is 9.86. The Morgan fingerprint density at radius 3 is 1.91 bits per heavy atom. The van der Waals surface area contributed by atoms with Gasteiger partial charge in [-0.2, -0.15) is 0 Å². The van der Waals surface area contributed by atoms with Gasteiger partial charge >= 0.3 is 198 Å². The Balaban J connectivity index is 0.00000193. The zero-order chi connectivity index (χ0) is 22.4. The molecule has 0 saturated heterocycles. The molecule has 2 aliphatic rings. The predicted octanol–water partition coefficient (Wildman–Crippen LogP) is 2.34. The molecule has 2 unspecified atom stereocenters. The van der Waals surface area contributed by atoms with Gasteiger partial charge in [-0.25, -0.2) is 0 Å². The molecule has 174 valence electrons. The van der Waals surface area contributed by atoms with Crippen molar-refractivity contribution in [2.75, 3.05) is 0 Å². The Bertz CT molecular complexity index is 1170. The molecule has 0 N–H and O–H groups in total. The minimum Gasteiger partial charge on any atom is -1.00 e. The van der Waals surface area contributed by atoms with E-state index in [1.54, 1.807) is 33.4 Å². The Morgan fingerprint density at radius 2 is 1.39 bits per heavy atom. The van der Waals surface area contributed by atoms with Gasteiger partial charge in [0.25, 0.3) is 0 Å². The van der Waals surface area contributed by atoms with Crippen molar-refractivity contribution >= 4 is 11.0 Å². The fraction of sp³-hybridized carbons (Fsp3) is 0.379. The van der Waals surface area contributed by atoms with Gasteiger partial charge in [0.15, 0.2) is 0 Å². The van der Waals surface area contributed by atoms with Gasteiger partial charge in [0.1, 0.15) is 0 Å². The average molecular weight is 575 g/mol. The first-order valence-corrected chi connectivity index (χ1v) is 20.5. The van der Waals surface area contributed by atoms with E-state index in [0.717, 1.165) is 0 Å². The minimum atomic E-state index is -2.01.